The summed E-state index contributed by atoms with van der Waals surface area (Å²) in [5.74, 6) is 0.000968. The van der Waals surface area contributed by atoms with E-state index >= 15 is 0 Å². The summed E-state index contributed by atoms with van der Waals surface area (Å²) in [6.45, 7) is 5.37. The molecular formula is C30H39N5O3. The Labute approximate surface area is 225 Å². The Kier molecular flexibility index (Phi) is 7.43. The Morgan fingerprint density at radius 2 is 1.58 bits per heavy atom. The van der Waals surface area contributed by atoms with E-state index in [4.69, 9.17) is 0 Å². The van der Waals surface area contributed by atoms with E-state index in [9.17, 15) is 14.4 Å². The van der Waals surface area contributed by atoms with Crippen LogP contribution in [0.3, 0.4) is 0 Å². The second-order valence-corrected chi connectivity index (χ2v) is 11.1. The topological polar surface area (TPSA) is 67.4 Å². The highest BCUT2D eigenvalue weighted by molar-refractivity contribution is 5.98. The predicted octanol–water partition coefficient (Wildman–Crippen LogP) is 2.83. The van der Waals surface area contributed by atoms with Gasteiger partial charge in [-0.15, -0.1) is 0 Å². The van der Waals surface area contributed by atoms with E-state index < -0.39 is 5.54 Å². The SMILES string of the molecule is Cc1ccccc1C(=O)N1CCC2(CC1)C(=O)N(CC(=O)N(C)C1CCN(C)CC1)CN2c1ccccc1. The van der Waals surface area contributed by atoms with Crippen LogP contribution in [0.25, 0.3) is 0 Å². The monoisotopic (exact) mass is 517 g/mol. The molecule has 2 aromatic carbocycles. The average molecular weight is 518 g/mol. The van der Waals surface area contributed by atoms with E-state index in [0.29, 0.717) is 38.2 Å². The number of anilines is 1. The molecule has 0 bridgehead atoms. The van der Waals surface area contributed by atoms with E-state index in [0.717, 1.165) is 37.2 Å². The molecule has 0 saturated carbocycles. The van der Waals surface area contributed by atoms with Crippen molar-refractivity contribution in [2.24, 2.45) is 0 Å². The number of likely N-dealkylation sites (tertiary alicyclic amines) is 2. The zero-order valence-electron chi connectivity index (χ0n) is 22.8. The van der Waals surface area contributed by atoms with Gasteiger partial charge in [-0.1, -0.05) is 36.4 Å². The zero-order chi connectivity index (χ0) is 26.9. The minimum atomic E-state index is -0.754. The number of piperidine rings is 2. The van der Waals surface area contributed by atoms with Crippen LogP contribution in [0.15, 0.2) is 54.6 Å². The molecule has 38 heavy (non-hydrogen) atoms. The number of carbonyl (C=O) groups excluding carboxylic acids is 3. The molecule has 0 aromatic heterocycles. The minimum Gasteiger partial charge on any atom is -0.341 e. The summed E-state index contributed by atoms with van der Waals surface area (Å²) >= 11 is 0. The molecule has 3 amide bonds. The van der Waals surface area contributed by atoms with Crippen molar-refractivity contribution in [1.29, 1.82) is 0 Å². The number of nitrogens with zero attached hydrogens (tertiary/aromatic N) is 5. The summed E-state index contributed by atoms with van der Waals surface area (Å²) in [5, 5.41) is 0. The van der Waals surface area contributed by atoms with Crippen LogP contribution in [0.4, 0.5) is 5.69 Å². The molecule has 2 aromatic rings. The fourth-order valence-electron chi connectivity index (χ4n) is 6.25. The van der Waals surface area contributed by atoms with E-state index in [-0.39, 0.29) is 30.3 Å². The lowest BCUT2D eigenvalue weighted by molar-refractivity contribution is -0.141. The maximum atomic E-state index is 14.0. The molecule has 1 spiro atoms. The molecule has 202 valence electrons. The number of aryl methyl sites for hydroxylation is 1. The van der Waals surface area contributed by atoms with Crippen LogP contribution in [0.2, 0.25) is 0 Å². The Bertz CT molecular complexity index is 1170. The van der Waals surface area contributed by atoms with Crippen molar-refractivity contribution in [2.45, 2.75) is 44.2 Å². The van der Waals surface area contributed by atoms with Gasteiger partial charge in [0.1, 0.15) is 12.1 Å². The van der Waals surface area contributed by atoms with Gasteiger partial charge in [0.15, 0.2) is 0 Å². The Hall–Kier alpha value is -3.39. The highest BCUT2D eigenvalue weighted by Gasteiger charge is 2.54. The first-order chi connectivity index (χ1) is 18.3. The molecule has 0 atom stereocenters. The van der Waals surface area contributed by atoms with Crippen molar-refractivity contribution in [1.82, 2.24) is 19.6 Å². The molecule has 8 nitrogen and oxygen atoms in total. The Balaban J connectivity index is 1.32. The predicted molar refractivity (Wildman–Crippen MR) is 148 cm³/mol. The van der Waals surface area contributed by atoms with Crippen LogP contribution in [0.5, 0.6) is 0 Å². The summed E-state index contributed by atoms with van der Waals surface area (Å²) < 4.78 is 0. The van der Waals surface area contributed by atoms with Crippen LogP contribution in [0.1, 0.15) is 41.6 Å². The highest BCUT2D eigenvalue weighted by Crippen LogP contribution is 2.40. The zero-order valence-corrected chi connectivity index (χ0v) is 22.8. The molecule has 3 aliphatic heterocycles. The highest BCUT2D eigenvalue weighted by atomic mass is 16.2. The fraction of sp³-hybridized carbons (Fsp3) is 0.500. The van der Waals surface area contributed by atoms with Crippen molar-refractivity contribution in [2.75, 3.05) is 58.4 Å². The molecular weight excluding hydrogens is 478 g/mol. The Morgan fingerprint density at radius 1 is 0.947 bits per heavy atom. The lowest BCUT2D eigenvalue weighted by atomic mass is 9.85. The van der Waals surface area contributed by atoms with Gasteiger partial charge in [0.05, 0.1) is 6.67 Å². The largest absolute Gasteiger partial charge is 0.341 e. The van der Waals surface area contributed by atoms with Crippen LogP contribution in [-0.4, -0.2) is 102 Å². The van der Waals surface area contributed by atoms with Gasteiger partial charge in [-0.05, 0) is 76.5 Å². The number of carbonyl (C=O) groups is 3. The normalized spacial score (nSPS) is 20.3. The van der Waals surface area contributed by atoms with Gasteiger partial charge in [-0.2, -0.15) is 0 Å². The number of hydrogen-bond donors (Lipinski definition) is 0. The lowest BCUT2D eigenvalue weighted by Gasteiger charge is -2.43. The van der Waals surface area contributed by atoms with Crippen LogP contribution >= 0.6 is 0 Å². The Morgan fingerprint density at radius 3 is 2.24 bits per heavy atom. The van der Waals surface area contributed by atoms with Crippen LogP contribution < -0.4 is 4.90 Å². The van der Waals surface area contributed by atoms with Gasteiger partial charge >= 0.3 is 0 Å². The maximum absolute atomic E-state index is 14.0. The van der Waals surface area contributed by atoms with E-state index in [1.54, 1.807) is 4.90 Å². The number of likely N-dealkylation sites (N-methyl/N-ethyl adjacent to an activating group) is 1. The number of amides is 3. The van der Waals surface area contributed by atoms with Gasteiger partial charge in [0.2, 0.25) is 5.91 Å². The number of hydrogen-bond acceptors (Lipinski definition) is 5. The second kappa shape index (κ2) is 10.8. The van der Waals surface area contributed by atoms with Gasteiger partial charge in [-0.25, -0.2) is 0 Å². The van der Waals surface area contributed by atoms with Gasteiger partial charge in [0.25, 0.3) is 11.8 Å². The molecule has 3 fully saturated rings. The van der Waals surface area contributed by atoms with Crippen LogP contribution in [0, 0.1) is 6.92 Å². The van der Waals surface area contributed by atoms with Gasteiger partial charge in [0, 0.05) is 37.4 Å². The third-order valence-corrected chi connectivity index (χ3v) is 8.79. The molecule has 3 heterocycles. The smallest absolute Gasteiger partial charge is 0.254 e. The summed E-state index contributed by atoms with van der Waals surface area (Å²) in [5.41, 5.74) is 1.89. The fourth-order valence-corrected chi connectivity index (χ4v) is 6.25. The summed E-state index contributed by atoms with van der Waals surface area (Å²) in [6.07, 6.45) is 2.98. The molecule has 0 N–H and O–H groups in total. The number of benzene rings is 2. The molecule has 8 heteroatoms. The third-order valence-electron chi connectivity index (χ3n) is 8.79. The average Bonchev–Trinajstić information content (AvgIpc) is 3.20. The standard InChI is InChI=1S/C30H39N5O3/c1-23-9-7-8-12-26(23)28(37)33-19-15-30(16-20-33)29(38)34(22-35(30)25-10-5-4-6-11-25)21-27(36)32(3)24-13-17-31(2)18-14-24/h4-12,24H,13-22H2,1-3H3. The minimum absolute atomic E-state index is 0.00512. The molecule has 3 aliphatic rings. The van der Waals surface area contributed by atoms with E-state index in [1.807, 2.05) is 78.4 Å². The molecule has 0 aliphatic carbocycles. The first-order valence-electron chi connectivity index (χ1n) is 13.7. The quantitative estimate of drug-likeness (QED) is 0.610. The van der Waals surface area contributed by atoms with E-state index in [2.05, 4.69) is 16.8 Å². The van der Waals surface area contributed by atoms with Crippen molar-refractivity contribution >= 4 is 23.4 Å². The summed E-state index contributed by atoms with van der Waals surface area (Å²) in [4.78, 5) is 50.5. The van der Waals surface area contributed by atoms with Crippen molar-refractivity contribution in [3.8, 4) is 0 Å². The molecule has 3 saturated heterocycles. The van der Waals surface area contributed by atoms with Crippen LogP contribution in [-0.2, 0) is 9.59 Å². The molecule has 0 radical (unpaired) electrons. The molecule has 5 rings (SSSR count). The first-order valence-corrected chi connectivity index (χ1v) is 13.7. The summed E-state index contributed by atoms with van der Waals surface area (Å²) in [6, 6.07) is 17.8. The summed E-state index contributed by atoms with van der Waals surface area (Å²) in [7, 11) is 3.98. The molecule has 0 unspecified atom stereocenters. The van der Waals surface area contributed by atoms with Gasteiger partial charge < -0.3 is 24.5 Å². The number of rotatable bonds is 5. The van der Waals surface area contributed by atoms with Crippen molar-refractivity contribution in [3.05, 3.63) is 65.7 Å². The third kappa shape index (κ3) is 4.89. The van der Waals surface area contributed by atoms with E-state index in [1.165, 1.54) is 0 Å². The first kappa shape index (κ1) is 26.2. The van der Waals surface area contributed by atoms with Crippen molar-refractivity contribution in [3.63, 3.8) is 0 Å². The second-order valence-electron chi connectivity index (χ2n) is 11.1. The number of para-hydroxylation sites is 1. The van der Waals surface area contributed by atoms with Crippen molar-refractivity contribution < 1.29 is 14.4 Å². The van der Waals surface area contributed by atoms with Gasteiger partial charge in [-0.3, -0.25) is 14.4 Å². The maximum Gasteiger partial charge on any atom is 0.254 e. The lowest BCUT2D eigenvalue weighted by Crippen LogP contribution is -2.57.